The maximum atomic E-state index is 13.6. The van der Waals surface area contributed by atoms with Gasteiger partial charge in [0.05, 0.1) is 18.5 Å². The lowest BCUT2D eigenvalue weighted by Gasteiger charge is -2.28. The monoisotopic (exact) mass is 469 g/mol. The molecule has 1 N–H and O–H groups in total. The summed E-state index contributed by atoms with van der Waals surface area (Å²) in [6.07, 6.45) is 11.3. The van der Waals surface area contributed by atoms with Crippen LogP contribution in [0.1, 0.15) is 25.7 Å². The summed E-state index contributed by atoms with van der Waals surface area (Å²) in [5.74, 6) is -0.240. The fraction of sp³-hybridized carbons (Fsp3) is 0.400. The summed E-state index contributed by atoms with van der Waals surface area (Å²) in [7, 11) is 0. The molecule has 0 bridgehead atoms. The van der Waals surface area contributed by atoms with Crippen LogP contribution in [0.3, 0.4) is 0 Å². The third-order valence-corrected chi connectivity index (χ3v) is 6.92. The first-order valence-corrected chi connectivity index (χ1v) is 12.4. The molecule has 2 aromatic heterocycles. The van der Waals surface area contributed by atoms with Crippen molar-refractivity contribution in [2.45, 2.75) is 37.1 Å². The SMILES string of the molecule is CSc1cc(-c2ccn(CC3CCC(COCC(=O)O)CC3)n2)ccc1-c1cncc(F)c1. The topological polar surface area (TPSA) is 77.2 Å². The van der Waals surface area contributed by atoms with Gasteiger partial charge in [-0.2, -0.15) is 5.10 Å². The molecule has 1 saturated carbocycles. The van der Waals surface area contributed by atoms with Crippen molar-refractivity contribution in [2.75, 3.05) is 19.5 Å². The lowest BCUT2D eigenvalue weighted by atomic mass is 9.82. The first-order valence-electron chi connectivity index (χ1n) is 11.1. The highest BCUT2D eigenvalue weighted by Crippen LogP contribution is 2.34. The normalized spacial score (nSPS) is 18.4. The molecule has 1 aromatic carbocycles. The molecule has 1 fully saturated rings. The van der Waals surface area contributed by atoms with Gasteiger partial charge >= 0.3 is 5.97 Å². The third kappa shape index (κ3) is 6.21. The molecule has 1 aliphatic carbocycles. The fourth-order valence-corrected chi connectivity index (χ4v) is 5.07. The zero-order valence-electron chi connectivity index (χ0n) is 18.6. The zero-order valence-corrected chi connectivity index (χ0v) is 19.4. The zero-order chi connectivity index (χ0) is 23.2. The van der Waals surface area contributed by atoms with Crippen molar-refractivity contribution in [3.05, 3.63) is 54.7 Å². The first-order chi connectivity index (χ1) is 16.0. The van der Waals surface area contributed by atoms with Crippen molar-refractivity contribution in [1.82, 2.24) is 14.8 Å². The predicted molar refractivity (Wildman–Crippen MR) is 127 cm³/mol. The van der Waals surface area contributed by atoms with Gasteiger partial charge in [-0.15, -0.1) is 11.8 Å². The van der Waals surface area contributed by atoms with Crippen LogP contribution in [0.4, 0.5) is 4.39 Å². The van der Waals surface area contributed by atoms with Crippen molar-refractivity contribution in [1.29, 1.82) is 0 Å². The number of aliphatic carboxylic acids is 1. The summed E-state index contributed by atoms with van der Waals surface area (Å²) >= 11 is 1.62. The number of hydrogen-bond acceptors (Lipinski definition) is 5. The summed E-state index contributed by atoms with van der Waals surface area (Å²) < 4.78 is 20.9. The van der Waals surface area contributed by atoms with E-state index in [9.17, 15) is 9.18 Å². The van der Waals surface area contributed by atoms with E-state index < -0.39 is 5.97 Å². The Morgan fingerprint density at radius 1 is 1.15 bits per heavy atom. The van der Waals surface area contributed by atoms with E-state index in [1.165, 1.54) is 12.3 Å². The molecule has 3 aromatic rings. The van der Waals surface area contributed by atoms with E-state index in [1.54, 1.807) is 18.0 Å². The number of nitrogens with zero attached hydrogens (tertiary/aromatic N) is 3. The third-order valence-electron chi connectivity index (χ3n) is 6.14. The van der Waals surface area contributed by atoms with E-state index in [0.717, 1.165) is 59.5 Å². The molecule has 0 aliphatic heterocycles. The van der Waals surface area contributed by atoms with Crippen molar-refractivity contribution in [3.63, 3.8) is 0 Å². The van der Waals surface area contributed by atoms with Crippen LogP contribution in [0.5, 0.6) is 0 Å². The summed E-state index contributed by atoms with van der Waals surface area (Å²) in [5, 5.41) is 13.5. The molecule has 1 aliphatic rings. The van der Waals surface area contributed by atoms with Crippen LogP contribution in [-0.4, -0.2) is 45.3 Å². The average molecular weight is 470 g/mol. The molecule has 0 radical (unpaired) electrons. The Morgan fingerprint density at radius 2 is 1.94 bits per heavy atom. The molecule has 0 amide bonds. The Bertz CT molecular complexity index is 1100. The number of hydrogen-bond donors (Lipinski definition) is 1. The van der Waals surface area contributed by atoms with Gasteiger partial charge in [-0.3, -0.25) is 9.67 Å². The average Bonchev–Trinajstić information content (AvgIpc) is 3.28. The quantitative estimate of drug-likeness (QED) is 0.424. The second-order valence-electron chi connectivity index (χ2n) is 8.53. The molecule has 8 heteroatoms. The van der Waals surface area contributed by atoms with E-state index in [1.807, 2.05) is 35.3 Å². The molecule has 4 rings (SSSR count). The molecular weight excluding hydrogens is 441 g/mol. The molecule has 33 heavy (non-hydrogen) atoms. The Hall–Kier alpha value is -2.71. The van der Waals surface area contributed by atoms with Gasteiger partial charge in [-0.25, -0.2) is 9.18 Å². The van der Waals surface area contributed by atoms with Gasteiger partial charge < -0.3 is 9.84 Å². The maximum absolute atomic E-state index is 13.6. The van der Waals surface area contributed by atoms with Crippen LogP contribution >= 0.6 is 11.8 Å². The maximum Gasteiger partial charge on any atom is 0.329 e. The van der Waals surface area contributed by atoms with Gasteiger partial charge in [0.1, 0.15) is 12.4 Å². The minimum absolute atomic E-state index is 0.214. The van der Waals surface area contributed by atoms with Crippen LogP contribution in [0.15, 0.2) is 53.8 Å². The van der Waals surface area contributed by atoms with Gasteiger partial charge in [-0.05, 0) is 67.5 Å². The number of benzene rings is 1. The van der Waals surface area contributed by atoms with E-state index >= 15 is 0 Å². The molecule has 0 unspecified atom stereocenters. The Kier molecular flexibility index (Phi) is 7.77. The second kappa shape index (κ2) is 10.9. The number of carbonyl (C=O) groups is 1. The number of halogens is 1. The second-order valence-corrected chi connectivity index (χ2v) is 9.37. The minimum atomic E-state index is -0.913. The summed E-state index contributed by atoms with van der Waals surface area (Å²) in [5.41, 5.74) is 3.68. The first kappa shape index (κ1) is 23.4. The number of thioether (sulfide) groups is 1. The van der Waals surface area contributed by atoms with Gasteiger partial charge in [0.15, 0.2) is 0 Å². The lowest BCUT2D eigenvalue weighted by Crippen LogP contribution is -2.23. The van der Waals surface area contributed by atoms with Crippen molar-refractivity contribution < 1.29 is 19.0 Å². The molecular formula is C25H28FN3O3S. The van der Waals surface area contributed by atoms with E-state index in [0.29, 0.717) is 18.4 Å². The largest absolute Gasteiger partial charge is 0.480 e. The van der Waals surface area contributed by atoms with Crippen LogP contribution < -0.4 is 0 Å². The highest BCUT2D eigenvalue weighted by molar-refractivity contribution is 7.98. The Morgan fingerprint density at radius 3 is 2.67 bits per heavy atom. The van der Waals surface area contributed by atoms with Crippen molar-refractivity contribution in [3.8, 4) is 22.4 Å². The Labute approximate surface area is 197 Å². The van der Waals surface area contributed by atoms with Gasteiger partial charge in [-0.1, -0.05) is 12.1 Å². The van der Waals surface area contributed by atoms with Crippen LogP contribution in [0.2, 0.25) is 0 Å². The summed E-state index contributed by atoms with van der Waals surface area (Å²) in [6, 6.07) is 9.66. The minimum Gasteiger partial charge on any atom is -0.480 e. The molecule has 0 spiro atoms. The smallest absolute Gasteiger partial charge is 0.329 e. The highest BCUT2D eigenvalue weighted by Gasteiger charge is 2.22. The number of rotatable bonds is 9. The number of carboxylic acids is 1. The number of aromatic nitrogens is 3. The van der Waals surface area contributed by atoms with E-state index in [4.69, 9.17) is 14.9 Å². The Balaban J connectivity index is 1.37. The van der Waals surface area contributed by atoms with Gasteiger partial charge in [0.2, 0.25) is 0 Å². The van der Waals surface area contributed by atoms with Crippen LogP contribution in [-0.2, 0) is 16.1 Å². The predicted octanol–water partition coefficient (Wildman–Crippen LogP) is 5.38. The lowest BCUT2D eigenvalue weighted by molar-refractivity contribution is -0.142. The molecule has 0 saturated heterocycles. The molecule has 2 heterocycles. The van der Waals surface area contributed by atoms with E-state index in [2.05, 4.69) is 11.1 Å². The van der Waals surface area contributed by atoms with Gasteiger partial charge in [0.25, 0.3) is 0 Å². The van der Waals surface area contributed by atoms with Gasteiger partial charge in [0, 0.05) is 35.0 Å². The number of pyridine rings is 1. The van der Waals surface area contributed by atoms with Crippen molar-refractivity contribution >= 4 is 17.7 Å². The standard InChI is InChI=1S/C25H28FN3O3S/c1-33-24-11-19(6-7-22(24)20-10-21(26)13-27-12-20)23-8-9-29(28-23)14-17-2-4-18(5-3-17)15-32-16-25(30)31/h6-13,17-18H,2-5,14-16H2,1H3,(H,30,31). The van der Waals surface area contributed by atoms with Crippen molar-refractivity contribution in [2.24, 2.45) is 11.8 Å². The van der Waals surface area contributed by atoms with E-state index in [-0.39, 0.29) is 12.4 Å². The number of carboxylic acid groups (broad SMARTS) is 1. The highest BCUT2D eigenvalue weighted by atomic mass is 32.2. The molecule has 6 nitrogen and oxygen atoms in total. The number of ether oxygens (including phenoxy) is 1. The molecule has 174 valence electrons. The summed E-state index contributed by atoms with van der Waals surface area (Å²) in [4.78, 5) is 15.6. The summed E-state index contributed by atoms with van der Waals surface area (Å²) in [6.45, 7) is 1.20. The van der Waals surface area contributed by atoms with Crippen LogP contribution in [0, 0.1) is 17.7 Å². The molecule has 0 atom stereocenters. The van der Waals surface area contributed by atoms with Crippen LogP contribution in [0.25, 0.3) is 22.4 Å². The fourth-order valence-electron chi connectivity index (χ4n) is 4.42.